The van der Waals surface area contributed by atoms with Crippen LogP contribution in [0.4, 0.5) is 32.3 Å². The Balaban J connectivity index is 0.000000317. The van der Waals surface area contributed by atoms with Crippen molar-refractivity contribution in [3.05, 3.63) is 36.8 Å². The normalized spacial score (nSPS) is 22.6. The van der Waals surface area contributed by atoms with Crippen LogP contribution < -0.4 is 10.2 Å². The number of carbonyl (C=O) groups is 2. The van der Waals surface area contributed by atoms with Crippen LogP contribution in [0.15, 0.2) is 36.8 Å². The second kappa shape index (κ2) is 12.6. The van der Waals surface area contributed by atoms with E-state index in [4.69, 9.17) is 19.8 Å². The highest BCUT2D eigenvalue weighted by Gasteiger charge is 2.49. The van der Waals surface area contributed by atoms with Crippen molar-refractivity contribution in [1.29, 1.82) is 0 Å². The third-order valence-corrected chi connectivity index (χ3v) is 7.01. The number of phenolic OH excluding ortho intramolecular Hbond substituents is 1. The SMILES string of the molecule is CN(c1ncc(-c2ccc(-n3nccn3)cc2O)nn1)C1C[C@]2(C)CC[C@](C)(C1)N2.O=C(O)C(F)(F)F.O=C(O)C(F)(F)F. The zero-order chi connectivity index (χ0) is 33.1. The van der Waals surface area contributed by atoms with Crippen molar-refractivity contribution in [2.75, 3.05) is 11.9 Å². The molecule has 2 aliphatic heterocycles. The number of alkyl halides is 6. The van der Waals surface area contributed by atoms with Gasteiger partial charge in [0, 0.05) is 35.8 Å². The molecule has 3 aromatic rings. The van der Waals surface area contributed by atoms with Crippen molar-refractivity contribution in [2.45, 2.75) is 69.0 Å². The van der Waals surface area contributed by atoms with Crippen LogP contribution in [0.1, 0.15) is 39.5 Å². The van der Waals surface area contributed by atoms with E-state index in [2.05, 4.69) is 49.4 Å². The van der Waals surface area contributed by atoms with Crippen LogP contribution in [-0.2, 0) is 9.59 Å². The Labute approximate surface area is 245 Å². The van der Waals surface area contributed by atoms with Crippen LogP contribution in [0.25, 0.3) is 16.9 Å². The van der Waals surface area contributed by atoms with Crippen LogP contribution in [-0.4, -0.2) is 94.0 Å². The molecule has 240 valence electrons. The smallest absolute Gasteiger partial charge is 0.490 e. The van der Waals surface area contributed by atoms with Crippen molar-refractivity contribution in [3.63, 3.8) is 0 Å². The quantitative estimate of drug-likeness (QED) is 0.307. The first-order chi connectivity index (χ1) is 20.2. The molecule has 0 amide bonds. The molecule has 2 aromatic heterocycles. The molecule has 19 heteroatoms. The number of aliphatic carboxylic acids is 2. The summed E-state index contributed by atoms with van der Waals surface area (Å²) in [6, 6.07) is 5.56. The lowest BCUT2D eigenvalue weighted by Gasteiger charge is -2.45. The van der Waals surface area contributed by atoms with Crippen molar-refractivity contribution < 1.29 is 51.3 Å². The number of rotatable bonds is 4. The van der Waals surface area contributed by atoms with Crippen LogP contribution >= 0.6 is 0 Å². The second-order valence-corrected chi connectivity index (χ2v) is 10.7. The Morgan fingerprint density at radius 3 is 1.86 bits per heavy atom. The van der Waals surface area contributed by atoms with E-state index in [9.17, 15) is 31.4 Å². The van der Waals surface area contributed by atoms with Gasteiger partial charge < -0.3 is 25.5 Å². The Bertz CT molecular complexity index is 1410. The number of aromatic hydroxyl groups is 1. The summed E-state index contributed by atoms with van der Waals surface area (Å²) < 4.78 is 63.5. The summed E-state index contributed by atoms with van der Waals surface area (Å²) in [5, 5.41) is 45.4. The molecule has 1 aromatic carbocycles. The molecule has 2 saturated heterocycles. The number of anilines is 1. The molecular formula is C25H28F6N8O5. The maximum absolute atomic E-state index is 10.6. The van der Waals surface area contributed by atoms with E-state index in [1.165, 1.54) is 17.6 Å². The molecule has 44 heavy (non-hydrogen) atoms. The van der Waals surface area contributed by atoms with Gasteiger partial charge in [-0.1, -0.05) is 0 Å². The van der Waals surface area contributed by atoms with Gasteiger partial charge in [0.1, 0.15) is 11.4 Å². The van der Waals surface area contributed by atoms with E-state index < -0.39 is 24.3 Å². The van der Waals surface area contributed by atoms with Gasteiger partial charge in [-0.05, 0) is 51.7 Å². The number of phenols is 1. The monoisotopic (exact) mass is 634 g/mol. The van der Waals surface area contributed by atoms with Gasteiger partial charge in [0.05, 0.1) is 24.3 Å². The summed E-state index contributed by atoms with van der Waals surface area (Å²) in [6.45, 7) is 4.62. The highest BCUT2D eigenvalue weighted by atomic mass is 19.4. The largest absolute Gasteiger partial charge is 0.507 e. The summed E-state index contributed by atoms with van der Waals surface area (Å²) >= 11 is 0. The van der Waals surface area contributed by atoms with Crippen molar-refractivity contribution in [3.8, 4) is 22.7 Å². The fourth-order valence-corrected chi connectivity index (χ4v) is 5.03. The zero-order valence-electron chi connectivity index (χ0n) is 23.4. The summed E-state index contributed by atoms with van der Waals surface area (Å²) in [5.41, 5.74) is 2.11. The number of hydrogen-bond acceptors (Lipinski definition) is 10. The summed E-state index contributed by atoms with van der Waals surface area (Å²) in [4.78, 5) is 25.9. The predicted molar refractivity (Wildman–Crippen MR) is 140 cm³/mol. The Morgan fingerprint density at radius 1 is 0.955 bits per heavy atom. The number of nitrogens with one attached hydrogen (secondary N) is 1. The van der Waals surface area contributed by atoms with Gasteiger partial charge in [0.15, 0.2) is 0 Å². The number of fused-ring (bicyclic) bond motifs is 2. The van der Waals surface area contributed by atoms with E-state index in [-0.39, 0.29) is 16.8 Å². The third-order valence-electron chi connectivity index (χ3n) is 7.01. The number of carboxylic acid groups (broad SMARTS) is 2. The highest BCUT2D eigenvalue weighted by molar-refractivity contribution is 5.73. The maximum atomic E-state index is 10.6. The van der Waals surface area contributed by atoms with Crippen LogP contribution in [0, 0.1) is 0 Å². The molecule has 2 bridgehead atoms. The van der Waals surface area contributed by atoms with Gasteiger partial charge in [0.25, 0.3) is 0 Å². The number of halogens is 6. The average Bonchev–Trinajstić information content (AvgIpc) is 3.53. The fourth-order valence-electron chi connectivity index (χ4n) is 5.03. The fraction of sp³-hybridized carbons (Fsp3) is 0.480. The van der Waals surface area contributed by atoms with Gasteiger partial charge in [0.2, 0.25) is 5.95 Å². The zero-order valence-corrected chi connectivity index (χ0v) is 23.4. The first-order valence-electron chi connectivity index (χ1n) is 12.8. The minimum Gasteiger partial charge on any atom is -0.507 e. The molecule has 0 aliphatic carbocycles. The maximum Gasteiger partial charge on any atom is 0.490 e. The molecule has 4 N–H and O–H groups in total. The number of piperidine rings is 1. The van der Waals surface area contributed by atoms with Crippen LogP contribution in [0.5, 0.6) is 5.75 Å². The second-order valence-electron chi connectivity index (χ2n) is 10.7. The number of carboxylic acids is 2. The molecular weight excluding hydrogens is 606 g/mol. The molecule has 5 rings (SSSR count). The Morgan fingerprint density at radius 2 is 1.45 bits per heavy atom. The minimum absolute atomic E-state index is 0.0813. The van der Waals surface area contributed by atoms with Gasteiger partial charge >= 0.3 is 24.3 Å². The topological polar surface area (TPSA) is 179 Å². The molecule has 4 heterocycles. The third kappa shape index (κ3) is 8.51. The Hall–Kier alpha value is -4.55. The van der Waals surface area contributed by atoms with Gasteiger partial charge in [-0.3, -0.25) is 0 Å². The lowest BCUT2D eigenvalue weighted by atomic mass is 9.84. The number of hydrogen-bond donors (Lipinski definition) is 4. The first-order valence-corrected chi connectivity index (χ1v) is 12.8. The standard InChI is InChI=1S/C21H26N8O.2C2HF3O2/c1-20-6-7-21(2,27-20)12-15(11-20)28(3)19-22-13-17(25-26-19)16-5-4-14(10-18(16)30)29-23-8-9-24-29;2*3-2(4,5)1(6)7/h4-5,8-10,13,15,27,30H,6-7,11-12H2,1-3H3;2*(H,6,7)/t15?,20-,21+;;. The van der Waals surface area contributed by atoms with Crippen LogP contribution in [0.3, 0.4) is 0 Å². The van der Waals surface area contributed by atoms with E-state index in [0.29, 0.717) is 28.9 Å². The van der Waals surface area contributed by atoms with E-state index in [0.717, 1.165) is 12.8 Å². The molecule has 0 radical (unpaired) electrons. The molecule has 2 fully saturated rings. The predicted octanol–water partition coefficient (Wildman–Crippen LogP) is 3.59. The average molecular weight is 635 g/mol. The first kappa shape index (κ1) is 33.9. The number of benzene rings is 1. The van der Waals surface area contributed by atoms with Gasteiger partial charge in [-0.25, -0.2) is 14.6 Å². The molecule has 0 spiro atoms. The lowest BCUT2D eigenvalue weighted by molar-refractivity contribution is -0.193. The number of aromatic nitrogens is 6. The van der Waals surface area contributed by atoms with E-state index >= 15 is 0 Å². The summed E-state index contributed by atoms with van der Waals surface area (Å²) in [6.07, 6.45) is -0.792. The highest BCUT2D eigenvalue weighted by Crippen LogP contribution is 2.43. The molecule has 3 atom stereocenters. The summed E-state index contributed by atoms with van der Waals surface area (Å²) in [5.74, 6) is -4.83. The lowest BCUT2D eigenvalue weighted by Crippen LogP contribution is -2.58. The van der Waals surface area contributed by atoms with Gasteiger partial charge in [-0.15, -0.1) is 10.2 Å². The molecule has 2 aliphatic rings. The molecule has 13 nitrogen and oxygen atoms in total. The molecule has 1 unspecified atom stereocenters. The molecule has 0 saturated carbocycles. The summed E-state index contributed by atoms with van der Waals surface area (Å²) in [7, 11) is 2.04. The van der Waals surface area contributed by atoms with Crippen molar-refractivity contribution >= 4 is 17.9 Å². The van der Waals surface area contributed by atoms with E-state index in [1.54, 1.807) is 30.7 Å². The number of nitrogens with zero attached hydrogens (tertiary/aromatic N) is 7. The Kier molecular flexibility index (Phi) is 9.71. The van der Waals surface area contributed by atoms with Crippen molar-refractivity contribution in [1.82, 2.24) is 35.5 Å². The van der Waals surface area contributed by atoms with Crippen molar-refractivity contribution in [2.24, 2.45) is 0 Å². The van der Waals surface area contributed by atoms with Gasteiger partial charge in [-0.2, -0.15) is 41.3 Å². The van der Waals surface area contributed by atoms with E-state index in [1.807, 2.05) is 13.1 Å². The van der Waals surface area contributed by atoms with Crippen LogP contribution in [0.2, 0.25) is 0 Å². The minimum atomic E-state index is -5.08.